The van der Waals surface area contributed by atoms with Crippen LogP contribution in [0, 0.1) is 17.2 Å². The number of nitrogens with one attached hydrogen (secondary N) is 1. The van der Waals surface area contributed by atoms with Crippen LogP contribution in [0.15, 0.2) is 60.9 Å². The lowest BCUT2D eigenvalue weighted by atomic mass is 10.1. The van der Waals surface area contributed by atoms with Gasteiger partial charge < -0.3 is 9.30 Å². The summed E-state index contributed by atoms with van der Waals surface area (Å²) in [6, 6.07) is 17.2. The molecule has 0 aliphatic heterocycles. The number of aromatic nitrogens is 3. The van der Waals surface area contributed by atoms with Crippen LogP contribution in [0.5, 0.6) is 11.8 Å². The predicted molar refractivity (Wildman–Crippen MR) is 135 cm³/mol. The van der Waals surface area contributed by atoms with Crippen LogP contribution in [0.25, 0.3) is 22.2 Å². The van der Waals surface area contributed by atoms with E-state index in [2.05, 4.69) is 25.3 Å². The number of sulfonamides is 1. The Hall–Kier alpha value is -3.90. The van der Waals surface area contributed by atoms with Crippen molar-refractivity contribution in [2.24, 2.45) is 5.92 Å². The zero-order valence-corrected chi connectivity index (χ0v) is 20.3. The molecule has 0 bridgehead atoms. The molecule has 9 heteroatoms. The smallest absolute Gasteiger partial charge is 0.321 e. The molecule has 178 valence electrons. The third-order valence-electron chi connectivity index (χ3n) is 6.08. The van der Waals surface area contributed by atoms with Crippen molar-refractivity contribution in [1.29, 1.82) is 5.26 Å². The molecule has 1 N–H and O–H groups in total. The Morgan fingerprint density at radius 3 is 2.49 bits per heavy atom. The molecule has 1 aliphatic carbocycles. The van der Waals surface area contributed by atoms with E-state index in [4.69, 9.17) is 4.74 Å². The van der Waals surface area contributed by atoms with Crippen LogP contribution in [0.2, 0.25) is 0 Å². The van der Waals surface area contributed by atoms with E-state index in [1.807, 2.05) is 30.3 Å². The maximum absolute atomic E-state index is 12.2. The summed E-state index contributed by atoms with van der Waals surface area (Å²) in [6.07, 6.45) is 5.55. The molecule has 5 rings (SSSR count). The van der Waals surface area contributed by atoms with Gasteiger partial charge in [0, 0.05) is 36.1 Å². The molecule has 0 amide bonds. The highest BCUT2D eigenvalue weighted by molar-refractivity contribution is 7.93. The highest BCUT2D eigenvalue weighted by Gasteiger charge is 2.27. The number of ether oxygens (including phenoxy) is 1. The zero-order chi connectivity index (χ0) is 24.6. The maximum atomic E-state index is 12.2. The summed E-state index contributed by atoms with van der Waals surface area (Å²) in [4.78, 5) is 8.25. The van der Waals surface area contributed by atoms with Gasteiger partial charge in [-0.05, 0) is 68.5 Å². The molecule has 0 saturated heterocycles. The second kappa shape index (κ2) is 9.04. The second-order valence-electron chi connectivity index (χ2n) is 8.97. The quantitative estimate of drug-likeness (QED) is 0.360. The minimum atomic E-state index is -3.44. The molecule has 1 fully saturated rings. The normalized spacial score (nSPS) is 13.7. The van der Waals surface area contributed by atoms with E-state index < -0.39 is 15.3 Å². The molecule has 0 unspecified atom stereocenters. The minimum absolute atomic E-state index is 0.257. The molecule has 2 heterocycles. The molecule has 0 spiro atoms. The summed E-state index contributed by atoms with van der Waals surface area (Å²) in [7, 11) is -3.44. The third-order valence-corrected chi connectivity index (χ3v) is 7.84. The van der Waals surface area contributed by atoms with Crippen molar-refractivity contribution >= 4 is 26.6 Å². The van der Waals surface area contributed by atoms with Crippen molar-refractivity contribution in [3.8, 4) is 29.1 Å². The third kappa shape index (κ3) is 4.70. The van der Waals surface area contributed by atoms with Gasteiger partial charge in [0.1, 0.15) is 11.8 Å². The lowest BCUT2D eigenvalue weighted by molar-refractivity contribution is 0.442. The van der Waals surface area contributed by atoms with Gasteiger partial charge >= 0.3 is 6.01 Å². The van der Waals surface area contributed by atoms with Crippen molar-refractivity contribution in [2.75, 3.05) is 4.72 Å². The van der Waals surface area contributed by atoms with Crippen molar-refractivity contribution in [1.82, 2.24) is 14.5 Å². The van der Waals surface area contributed by atoms with Gasteiger partial charge in [-0.15, -0.1) is 0 Å². The number of nitriles is 1. The number of hydrogen-bond donors (Lipinski definition) is 1. The van der Waals surface area contributed by atoms with E-state index in [1.54, 1.807) is 44.4 Å². The Morgan fingerprint density at radius 2 is 1.86 bits per heavy atom. The zero-order valence-electron chi connectivity index (χ0n) is 19.5. The van der Waals surface area contributed by atoms with Gasteiger partial charge in [-0.2, -0.15) is 5.26 Å². The number of nitrogens with zero attached hydrogens (tertiary/aromatic N) is 4. The summed E-state index contributed by atoms with van der Waals surface area (Å²) in [6.45, 7) is 4.06. The first-order valence-corrected chi connectivity index (χ1v) is 13.0. The first-order valence-electron chi connectivity index (χ1n) is 11.5. The molecule has 2 aromatic heterocycles. The van der Waals surface area contributed by atoms with Crippen LogP contribution < -0.4 is 9.46 Å². The average molecular weight is 488 g/mol. The van der Waals surface area contributed by atoms with Crippen molar-refractivity contribution < 1.29 is 13.2 Å². The summed E-state index contributed by atoms with van der Waals surface area (Å²) in [5.74, 6) is 1.16. The van der Waals surface area contributed by atoms with Crippen LogP contribution in [-0.4, -0.2) is 28.2 Å². The lowest BCUT2D eigenvalue weighted by Gasteiger charge is -2.13. The van der Waals surface area contributed by atoms with Crippen LogP contribution >= 0.6 is 0 Å². The SMILES string of the molecule is CC(C)S(=O)(=O)Nc1ccc(-c2c(C#N)c3ccc(Oc4ncccn4)cc3n2CC2CC2)cc1. The largest absolute Gasteiger partial charge is 0.424 e. The van der Waals surface area contributed by atoms with Gasteiger partial charge in [-0.1, -0.05) is 12.1 Å². The first-order chi connectivity index (χ1) is 16.9. The molecule has 0 radical (unpaired) electrons. The number of benzene rings is 2. The Morgan fingerprint density at radius 1 is 1.14 bits per heavy atom. The van der Waals surface area contributed by atoms with Gasteiger partial charge in [0.05, 0.1) is 22.0 Å². The van der Waals surface area contributed by atoms with Crippen molar-refractivity contribution in [3.05, 3.63) is 66.5 Å². The number of hydrogen-bond acceptors (Lipinski definition) is 6. The molecular weight excluding hydrogens is 462 g/mol. The Bertz CT molecular complexity index is 1520. The summed E-state index contributed by atoms with van der Waals surface area (Å²) < 4.78 is 35.1. The van der Waals surface area contributed by atoms with Gasteiger partial charge in [0.25, 0.3) is 0 Å². The van der Waals surface area contributed by atoms with Crippen LogP contribution in [0.4, 0.5) is 5.69 Å². The molecule has 1 aliphatic rings. The topological polar surface area (TPSA) is 110 Å². The summed E-state index contributed by atoms with van der Waals surface area (Å²) >= 11 is 0. The first kappa shape index (κ1) is 22.9. The standard InChI is InChI=1S/C26H25N5O3S/c1-17(2)35(32,33)30-20-8-6-19(7-9-20)25-23(15-27)22-11-10-21(34-26-28-12-3-13-29-26)14-24(22)31(25)16-18-4-5-18/h3,6-14,17-18,30H,4-5,16H2,1-2H3. The fourth-order valence-electron chi connectivity index (χ4n) is 3.98. The minimum Gasteiger partial charge on any atom is -0.424 e. The van der Waals surface area contributed by atoms with Gasteiger partial charge in [0.2, 0.25) is 10.0 Å². The molecule has 4 aromatic rings. The van der Waals surface area contributed by atoms with Gasteiger partial charge in [-0.3, -0.25) is 4.72 Å². The van der Waals surface area contributed by atoms with Crippen LogP contribution in [0.1, 0.15) is 32.3 Å². The Balaban J connectivity index is 1.58. The number of fused-ring (bicyclic) bond motifs is 1. The number of anilines is 1. The van der Waals surface area contributed by atoms with Gasteiger partial charge in [0.15, 0.2) is 0 Å². The van der Waals surface area contributed by atoms with Crippen molar-refractivity contribution in [2.45, 2.75) is 38.5 Å². The van der Waals surface area contributed by atoms with E-state index in [-0.39, 0.29) is 6.01 Å². The monoisotopic (exact) mass is 487 g/mol. The van der Waals surface area contributed by atoms with Crippen molar-refractivity contribution in [3.63, 3.8) is 0 Å². The Kier molecular flexibility index (Phi) is 5.91. The van der Waals surface area contributed by atoms with E-state index in [0.29, 0.717) is 22.9 Å². The number of rotatable bonds is 8. The molecule has 0 atom stereocenters. The highest BCUT2D eigenvalue weighted by Crippen LogP contribution is 2.40. The van der Waals surface area contributed by atoms with Crippen LogP contribution in [0.3, 0.4) is 0 Å². The van der Waals surface area contributed by atoms with Gasteiger partial charge in [-0.25, -0.2) is 18.4 Å². The molecular formula is C26H25N5O3S. The van der Waals surface area contributed by atoms with E-state index in [9.17, 15) is 13.7 Å². The maximum Gasteiger partial charge on any atom is 0.321 e. The van der Waals surface area contributed by atoms with E-state index in [0.717, 1.165) is 41.5 Å². The summed E-state index contributed by atoms with van der Waals surface area (Å²) in [5.41, 5.74) is 3.64. The predicted octanol–water partition coefficient (Wildman–Crippen LogP) is 5.32. The molecule has 35 heavy (non-hydrogen) atoms. The highest BCUT2D eigenvalue weighted by atomic mass is 32.2. The lowest BCUT2D eigenvalue weighted by Crippen LogP contribution is -2.22. The fraction of sp³-hybridized carbons (Fsp3) is 0.269. The fourth-order valence-corrected chi connectivity index (χ4v) is 4.68. The van der Waals surface area contributed by atoms with E-state index >= 15 is 0 Å². The summed E-state index contributed by atoms with van der Waals surface area (Å²) in [5, 5.41) is 10.4. The Labute approximate surface area is 204 Å². The second-order valence-corrected chi connectivity index (χ2v) is 11.2. The average Bonchev–Trinajstić information content (AvgIpc) is 3.61. The molecule has 1 saturated carbocycles. The molecule has 8 nitrogen and oxygen atoms in total. The molecule has 2 aromatic carbocycles. The van der Waals surface area contributed by atoms with E-state index in [1.165, 1.54) is 0 Å². The van der Waals surface area contributed by atoms with Crippen LogP contribution in [-0.2, 0) is 16.6 Å².